The average Bonchev–Trinajstić information content (AvgIpc) is 1.69. The molecule has 7 heavy (non-hydrogen) atoms. The molecule has 0 aliphatic carbocycles. The standard InChI is InChI=1S/C2H2O2.C2H6O/c3-1-2-4;1-2-3/h1-2H;3H,2H2,1H3. The van der Waals surface area contributed by atoms with Gasteiger partial charge in [0.1, 0.15) is 0 Å². The van der Waals surface area contributed by atoms with Crippen molar-refractivity contribution < 1.29 is 14.7 Å². The third-order valence-electron chi connectivity index (χ3n) is 0.0556. The van der Waals surface area contributed by atoms with Crippen LogP contribution in [0.3, 0.4) is 0 Å². The minimum absolute atomic E-state index is 0.194. The molecule has 0 saturated carbocycles. The number of aldehydes is 2. The Morgan fingerprint density at radius 1 is 1.43 bits per heavy atom. The zero-order chi connectivity index (χ0) is 6.12. The van der Waals surface area contributed by atoms with Gasteiger partial charge in [-0.2, -0.15) is 0 Å². The molecule has 0 rings (SSSR count). The van der Waals surface area contributed by atoms with E-state index in [9.17, 15) is 0 Å². The molecule has 0 saturated heterocycles. The molecule has 0 spiro atoms. The van der Waals surface area contributed by atoms with Crippen LogP contribution in [0.4, 0.5) is 0 Å². The molecule has 0 bridgehead atoms. The highest BCUT2D eigenvalue weighted by atomic mass is 16.2. The third kappa shape index (κ3) is 641. The minimum Gasteiger partial charge on any atom is -0.397 e. The van der Waals surface area contributed by atoms with Gasteiger partial charge in [0, 0.05) is 6.61 Å². The zero-order valence-corrected chi connectivity index (χ0v) is 4.13. The van der Waals surface area contributed by atoms with Gasteiger partial charge in [-0.05, 0) is 6.92 Å². The predicted octanol–water partition coefficient (Wildman–Crippen LogP) is -0.617. The molecule has 0 aliphatic heterocycles. The van der Waals surface area contributed by atoms with Crippen molar-refractivity contribution in [3.05, 3.63) is 0 Å². The van der Waals surface area contributed by atoms with Gasteiger partial charge in [0.15, 0.2) is 12.6 Å². The first-order chi connectivity index (χ1) is 3.33. The van der Waals surface area contributed by atoms with Crippen LogP contribution < -0.4 is 0 Å². The van der Waals surface area contributed by atoms with Crippen molar-refractivity contribution in [1.29, 1.82) is 0 Å². The van der Waals surface area contributed by atoms with Crippen molar-refractivity contribution in [3.8, 4) is 0 Å². The summed E-state index contributed by atoms with van der Waals surface area (Å²) in [5.74, 6) is 0. The monoisotopic (exact) mass is 104 g/mol. The van der Waals surface area contributed by atoms with Gasteiger partial charge < -0.3 is 5.11 Å². The van der Waals surface area contributed by atoms with Crippen LogP contribution in [0.5, 0.6) is 0 Å². The first kappa shape index (κ1) is 9.57. The number of hydrogen-bond acceptors (Lipinski definition) is 3. The van der Waals surface area contributed by atoms with Crippen molar-refractivity contribution in [1.82, 2.24) is 0 Å². The Morgan fingerprint density at radius 2 is 1.57 bits per heavy atom. The number of aliphatic hydroxyl groups excluding tert-OH is 1. The maximum atomic E-state index is 8.81. The fourth-order valence-corrected chi connectivity index (χ4v) is 0. The molecule has 0 aromatic heterocycles. The second-order valence-electron chi connectivity index (χ2n) is 0.588. The van der Waals surface area contributed by atoms with Crippen molar-refractivity contribution in [2.45, 2.75) is 6.92 Å². The fourth-order valence-electron chi connectivity index (χ4n) is 0. The van der Waals surface area contributed by atoms with E-state index in [0.717, 1.165) is 0 Å². The van der Waals surface area contributed by atoms with Gasteiger partial charge in [-0.3, -0.25) is 9.59 Å². The van der Waals surface area contributed by atoms with Crippen LogP contribution in [-0.4, -0.2) is 24.3 Å². The Morgan fingerprint density at radius 3 is 1.57 bits per heavy atom. The summed E-state index contributed by atoms with van der Waals surface area (Å²) in [6.45, 7) is 1.93. The van der Waals surface area contributed by atoms with Crippen LogP contribution in [0.25, 0.3) is 0 Å². The van der Waals surface area contributed by atoms with E-state index in [0.29, 0.717) is 0 Å². The average molecular weight is 104 g/mol. The molecule has 0 atom stereocenters. The van der Waals surface area contributed by atoms with Crippen LogP contribution in [0.1, 0.15) is 6.92 Å². The zero-order valence-electron chi connectivity index (χ0n) is 4.13. The molecule has 0 amide bonds. The van der Waals surface area contributed by atoms with E-state index in [2.05, 4.69) is 0 Å². The summed E-state index contributed by atoms with van der Waals surface area (Å²) in [6, 6.07) is 0. The molecule has 3 heteroatoms. The maximum Gasteiger partial charge on any atom is 0.182 e. The molecule has 0 aromatic rings. The highest BCUT2D eigenvalue weighted by Crippen LogP contribution is 1.30. The number of carbonyl (C=O) groups is 2. The number of aliphatic hydroxyl groups is 1. The van der Waals surface area contributed by atoms with Gasteiger partial charge >= 0.3 is 0 Å². The van der Waals surface area contributed by atoms with E-state index in [4.69, 9.17) is 14.7 Å². The van der Waals surface area contributed by atoms with Gasteiger partial charge in [-0.25, -0.2) is 0 Å². The largest absolute Gasteiger partial charge is 0.397 e. The molecule has 0 aromatic carbocycles. The van der Waals surface area contributed by atoms with Crippen LogP contribution in [-0.2, 0) is 9.59 Å². The van der Waals surface area contributed by atoms with Crippen molar-refractivity contribution in [2.75, 3.05) is 6.61 Å². The smallest absolute Gasteiger partial charge is 0.182 e. The molecule has 0 unspecified atom stereocenters. The van der Waals surface area contributed by atoms with E-state index in [1.807, 2.05) is 0 Å². The topological polar surface area (TPSA) is 54.4 Å². The van der Waals surface area contributed by atoms with Gasteiger partial charge in [0.2, 0.25) is 0 Å². The molecule has 1 N–H and O–H groups in total. The van der Waals surface area contributed by atoms with Crippen LogP contribution in [0.15, 0.2) is 0 Å². The lowest BCUT2D eigenvalue weighted by atomic mass is 10.9. The summed E-state index contributed by atoms with van der Waals surface area (Å²) in [6.07, 6.45) is 0.389. The number of hydrogen-bond donors (Lipinski definition) is 1. The van der Waals surface area contributed by atoms with Crippen molar-refractivity contribution in [3.63, 3.8) is 0 Å². The van der Waals surface area contributed by atoms with Gasteiger partial charge in [0.25, 0.3) is 0 Å². The van der Waals surface area contributed by atoms with Crippen LogP contribution in [0, 0.1) is 0 Å². The van der Waals surface area contributed by atoms with E-state index in [-0.39, 0.29) is 19.2 Å². The number of rotatable bonds is 1. The summed E-state index contributed by atoms with van der Waals surface area (Å²) in [5.41, 5.74) is 0. The molecule has 3 nitrogen and oxygen atoms in total. The highest BCUT2D eigenvalue weighted by Gasteiger charge is 1.47. The summed E-state index contributed by atoms with van der Waals surface area (Å²) < 4.78 is 0. The molecule has 0 fully saturated rings. The van der Waals surface area contributed by atoms with Crippen molar-refractivity contribution >= 4 is 12.6 Å². The van der Waals surface area contributed by atoms with E-state index in [1.165, 1.54) is 0 Å². The lowest BCUT2D eigenvalue weighted by molar-refractivity contribution is -0.122. The molecule has 0 heterocycles. The Labute approximate surface area is 42.0 Å². The second kappa shape index (κ2) is 18.5. The summed E-state index contributed by atoms with van der Waals surface area (Å²) in [5, 5.41) is 7.57. The number of carbonyl (C=O) groups excluding carboxylic acids is 2. The highest BCUT2D eigenvalue weighted by molar-refractivity contribution is 6.09. The predicted molar refractivity (Wildman–Crippen MR) is 24.9 cm³/mol. The first-order valence-electron chi connectivity index (χ1n) is 1.83. The van der Waals surface area contributed by atoms with E-state index >= 15 is 0 Å². The summed E-state index contributed by atoms with van der Waals surface area (Å²) >= 11 is 0. The third-order valence-corrected chi connectivity index (χ3v) is 0.0556. The van der Waals surface area contributed by atoms with Crippen LogP contribution in [0.2, 0.25) is 0 Å². The molecule has 0 radical (unpaired) electrons. The molecule has 42 valence electrons. The molecular formula is C4H8O3. The lowest BCUT2D eigenvalue weighted by Crippen LogP contribution is -1.62. The SMILES string of the molecule is CCO.O=CC=O. The summed E-state index contributed by atoms with van der Waals surface area (Å²) in [7, 11) is 0. The Balaban J connectivity index is 0. The maximum absolute atomic E-state index is 8.81. The quantitative estimate of drug-likeness (QED) is 0.356. The van der Waals surface area contributed by atoms with Crippen LogP contribution >= 0.6 is 0 Å². The van der Waals surface area contributed by atoms with Gasteiger partial charge in [-0.1, -0.05) is 0 Å². The Hall–Kier alpha value is -0.700. The van der Waals surface area contributed by atoms with Gasteiger partial charge in [-0.15, -0.1) is 0 Å². The normalized spacial score (nSPS) is 5.43. The Bertz CT molecular complexity index is 36.2. The molecular weight excluding hydrogens is 96.0 g/mol. The van der Waals surface area contributed by atoms with E-state index in [1.54, 1.807) is 6.92 Å². The lowest BCUT2D eigenvalue weighted by Gasteiger charge is -1.52. The molecule has 0 aliphatic rings. The van der Waals surface area contributed by atoms with E-state index < -0.39 is 0 Å². The Kier molecular flexibility index (Phi) is 25.3. The second-order valence-corrected chi connectivity index (χ2v) is 0.588. The fraction of sp³-hybridized carbons (Fsp3) is 0.500. The van der Waals surface area contributed by atoms with Gasteiger partial charge in [0.05, 0.1) is 0 Å². The summed E-state index contributed by atoms with van der Waals surface area (Å²) in [4.78, 5) is 17.6. The minimum atomic E-state index is 0.194. The van der Waals surface area contributed by atoms with Crippen molar-refractivity contribution in [2.24, 2.45) is 0 Å². The first-order valence-corrected chi connectivity index (χ1v) is 1.83.